The van der Waals surface area contributed by atoms with Gasteiger partial charge < -0.3 is 18.9 Å². The average molecular weight is 789 g/mol. The van der Waals surface area contributed by atoms with Crippen molar-refractivity contribution >= 4 is 19.8 Å². The number of nitrogens with zero attached hydrogens (tertiary/aromatic N) is 1. The van der Waals surface area contributed by atoms with E-state index in [-0.39, 0.29) is 32.0 Å². The number of rotatable bonds is 41. The van der Waals surface area contributed by atoms with Crippen LogP contribution >= 0.6 is 7.82 Å². The summed E-state index contributed by atoms with van der Waals surface area (Å²) in [7, 11) is 1.48. The number of phosphoric acid groups is 1. The monoisotopic (exact) mass is 789 g/mol. The van der Waals surface area contributed by atoms with Crippen molar-refractivity contribution in [3.05, 3.63) is 12.2 Å². The largest absolute Gasteiger partial charge is 0.472 e. The molecule has 54 heavy (non-hydrogen) atoms. The van der Waals surface area contributed by atoms with Crippen LogP contribution in [0, 0.1) is 0 Å². The molecule has 0 fully saturated rings. The lowest BCUT2D eigenvalue weighted by atomic mass is 10.0. The standard InChI is InChI=1S/C44H86NO8P/c1-6-8-10-12-14-16-18-19-20-21-22-23-24-25-27-29-31-33-35-37-44(47)53-42(41-52-54(48,49)51-39-38-45(3,4)5)40-50-43(46)36-34-32-30-28-26-17-15-13-11-9-7-2/h13,15,42H,6-12,14,16-41H2,1-5H3/p+1/b15-13-/t42-/m1/s1. The van der Waals surface area contributed by atoms with Gasteiger partial charge in [-0.1, -0.05) is 174 Å². The van der Waals surface area contributed by atoms with Crippen LogP contribution in [0.5, 0.6) is 0 Å². The van der Waals surface area contributed by atoms with Gasteiger partial charge in [-0.3, -0.25) is 18.6 Å². The summed E-state index contributed by atoms with van der Waals surface area (Å²) < 4.78 is 34.3. The molecule has 0 aliphatic carbocycles. The Labute approximate surface area is 333 Å². The number of likely N-dealkylation sites (N-methyl/N-ethyl adjacent to an activating group) is 1. The van der Waals surface area contributed by atoms with Crippen molar-refractivity contribution in [1.29, 1.82) is 0 Å². The first kappa shape index (κ1) is 52.8. The van der Waals surface area contributed by atoms with Gasteiger partial charge >= 0.3 is 19.8 Å². The summed E-state index contributed by atoms with van der Waals surface area (Å²) in [6, 6.07) is 0. The van der Waals surface area contributed by atoms with Crippen molar-refractivity contribution in [3.63, 3.8) is 0 Å². The van der Waals surface area contributed by atoms with Gasteiger partial charge in [0.2, 0.25) is 0 Å². The number of hydrogen-bond donors (Lipinski definition) is 1. The zero-order valence-electron chi connectivity index (χ0n) is 36.0. The van der Waals surface area contributed by atoms with E-state index in [1.54, 1.807) is 0 Å². The van der Waals surface area contributed by atoms with Gasteiger partial charge in [-0.05, 0) is 32.1 Å². The van der Waals surface area contributed by atoms with E-state index in [1.807, 2.05) is 21.1 Å². The lowest BCUT2D eigenvalue weighted by molar-refractivity contribution is -0.870. The molecule has 0 rings (SSSR count). The van der Waals surface area contributed by atoms with E-state index in [4.69, 9.17) is 18.5 Å². The van der Waals surface area contributed by atoms with Crippen molar-refractivity contribution in [1.82, 2.24) is 0 Å². The fraction of sp³-hybridized carbons (Fsp3) is 0.909. The van der Waals surface area contributed by atoms with Crippen LogP contribution in [-0.2, 0) is 32.7 Å². The molecule has 0 aliphatic rings. The van der Waals surface area contributed by atoms with Crippen LogP contribution in [0.3, 0.4) is 0 Å². The molecule has 0 aromatic heterocycles. The van der Waals surface area contributed by atoms with E-state index in [1.165, 1.54) is 116 Å². The van der Waals surface area contributed by atoms with Gasteiger partial charge in [0, 0.05) is 12.8 Å². The predicted octanol–water partition coefficient (Wildman–Crippen LogP) is 12.6. The fourth-order valence-electron chi connectivity index (χ4n) is 6.23. The first-order chi connectivity index (χ1) is 26.0. The number of phosphoric ester groups is 1. The second kappa shape index (κ2) is 37.3. The van der Waals surface area contributed by atoms with E-state index >= 15 is 0 Å². The third-order valence-electron chi connectivity index (χ3n) is 9.80. The van der Waals surface area contributed by atoms with Crippen LogP contribution in [0.1, 0.15) is 206 Å². The molecular weight excluding hydrogens is 701 g/mol. The molecule has 0 aromatic rings. The summed E-state index contributed by atoms with van der Waals surface area (Å²) in [5.74, 6) is -0.800. The third-order valence-corrected chi connectivity index (χ3v) is 10.8. The number of quaternary nitrogens is 1. The van der Waals surface area contributed by atoms with E-state index in [2.05, 4.69) is 26.0 Å². The van der Waals surface area contributed by atoms with Crippen LogP contribution in [0.25, 0.3) is 0 Å². The SMILES string of the molecule is CCCC/C=C\CCCCCCCC(=O)OC[C@H](COP(=O)(O)OCC[N+](C)(C)C)OC(=O)CCCCCCCCCCCCCCCCCCCCC. The lowest BCUT2D eigenvalue weighted by Gasteiger charge is -2.24. The Balaban J connectivity index is 4.27. The van der Waals surface area contributed by atoms with Crippen molar-refractivity contribution < 1.29 is 42.1 Å². The van der Waals surface area contributed by atoms with Gasteiger partial charge in [0.25, 0.3) is 0 Å². The topological polar surface area (TPSA) is 108 Å². The first-order valence-electron chi connectivity index (χ1n) is 22.4. The van der Waals surface area contributed by atoms with Crippen molar-refractivity contribution in [2.75, 3.05) is 47.5 Å². The molecule has 10 heteroatoms. The molecule has 320 valence electrons. The maximum atomic E-state index is 12.7. The molecule has 1 unspecified atom stereocenters. The normalized spacial score (nSPS) is 13.7. The molecule has 0 saturated heterocycles. The number of allylic oxidation sites excluding steroid dienone is 2. The summed E-state index contributed by atoms with van der Waals surface area (Å²) >= 11 is 0. The number of carbonyl (C=O) groups excluding carboxylic acids is 2. The van der Waals surface area contributed by atoms with E-state index < -0.39 is 26.5 Å². The molecule has 9 nitrogen and oxygen atoms in total. The Hall–Kier alpha value is -1.25. The number of ether oxygens (including phenoxy) is 2. The zero-order chi connectivity index (χ0) is 40.0. The highest BCUT2D eigenvalue weighted by Crippen LogP contribution is 2.43. The van der Waals surface area contributed by atoms with Crippen LogP contribution in [0.4, 0.5) is 0 Å². The summed E-state index contributed by atoms with van der Waals surface area (Å²) in [5, 5.41) is 0. The highest BCUT2D eigenvalue weighted by Gasteiger charge is 2.27. The first-order valence-corrected chi connectivity index (χ1v) is 23.9. The molecule has 0 aromatic carbocycles. The fourth-order valence-corrected chi connectivity index (χ4v) is 6.97. The van der Waals surface area contributed by atoms with Gasteiger partial charge in [0.15, 0.2) is 6.10 Å². The summed E-state index contributed by atoms with van der Waals surface area (Å²) in [6.45, 7) is 4.40. The molecule has 0 aliphatic heterocycles. The second-order valence-corrected chi connectivity index (χ2v) is 17.9. The van der Waals surface area contributed by atoms with Gasteiger partial charge in [-0.2, -0.15) is 0 Å². The zero-order valence-corrected chi connectivity index (χ0v) is 36.9. The molecule has 0 radical (unpaired) electrons. The maximum Gasteiger partial charge on any atom is 0.472 e. The minimum absolute atomic E-state index is 0.0335. The third kappa shape index (κ3) is 40.4. The molecule has 0 amide bonds. The average Bonchev–Trinajstić information content (AvgIpc) is 3.12. The number of hydrogen-bond acceptors (Lipinski definition) is 7. The van der Waals surface area contributed by atoms with Crippen LogP contribution in [0.2, 0.25) is 0 Å². The lowest BCUT2D eigenvalue weighted by Crippen LogP contribution is -2.37. The minimum atomic E-state index is -4.37. The minimum Gasteiger partial charge on any atom is -0.462 e. The number of unbranched alkanes of at least 4 members (excludes halogenated alkanes) is 25. The molecule has 0 bridgehead atoms. The highest BCUT2D eigenvalue weighted by atomic mass is 31.2. The van der Waals surface area contributed by atoms with Crippen molar-refractivity contribution in [2.24, 2.45) is 0 Å². The Morgan fingerprint density at radius 3 is 1.43 bits per heavy atom. The Morgan fingerprint density at radius 2 is 0.963 bits per heavy atom. The van der Waals surface area contributed by atoms with Crippen LogP contribution in [0.15, 0.2) is 12.2 Å². The molecule has 1 N–H and O–H groups in total. The molecule has 0 spiro atoms. The quantitative estimate of drug-likeness (QED) is 0.0214. The molecule has 2 atom stereocenters. The number of carbonyl (C=O) groups is 2. The smallest absolute Gasteiger partial charge is 0.462 e. The number of esters is 2. The highest BCUT2D eigenvalue weighted by molar-refractivity contribution is 7.47. The van der Waals surface area contributed by atoms with Crippen molar-refractivity contribution in [2.45, 2.75) is 213 Å². The predicted molar refractivity (Wildman–Crippen MR) is 224 cm³/mol. The van der Waals surface area contributed by atoms with Gasteiger partial charge in [-0.25, -0.2) is 4.57 Å². The van der Waals surface area contributed by atoms with E-state index in [9.17, 15) is 19.0 Å². The van der Waals surface area contributed by atoms with Gasteiger partial charge in [0.05, 0.1) is 27.7 Å². The Kier molecular flexibility index (Phi) is 36.5. The van der Waals surface area contributed by atoms with Crippen LogP contribution < -0.4 is 0 Å². The van der Waals surface area contributed by atoms with Crippen molar-refractivity contribution in [3.8, 4) is 0 Å². The second-order valence-electron chi connectivity index (χ2n) is 16.4. The van der Waals surface area contributed by atoms with Gasteiger partial charge in [0.1, 0.15) is 19.8 Å². The van der Waals surface area contributed by atoms with Gasteiger partial charge in [-0.15, -0.1) is 0 Å². The molecular formula is C44H87NO8P+. The Bertz CT molecular complexity index is 938. The van der Waals surface area contributed by atoms with E-state index in [0.717, 1.165) is 57.8 Å². The maximum absolute atomic E-state index is 12.7. The summed E-state index contributed by atoms with van der Waals surface area (Å²) in [5.41, 5.74) is 0. The summed E-state index contributed by atoms with van der Waals surface area (Å²) in [6.07, 6.45) is 38.3. The van der Waals surface area contributed by atoms with E-state index in [0.29, 0.717) is 17.4 Å². The molecule has 0 heterocycles. The molecule has 0 saturated carbocycles. The summed E-state index contributed by atoms with van der Waals surface area (Å²) in [4.78, 5) is 35.3. The Morgan fingerprint density at radius 1 is 0.556 bits per heavy atom. The van der Waals surface area contributed by atoms with Crippen LogP contribution in [-0.4, -0.2) is 74.9 Å².